The average molecular weight is 240 g/mol. The number of aryl methyl sites for hydroxylation is 2. The Bertz CT molecular complexity index is 145. The molecule has 0 atom stereocenters. The van der Waals surface area contributed by atoms with Crippen LogP contribution in [0.3, 0.4) is 0 Å². The molecule has 1 aromatic carbocycles. The van der Waals surface area contributed by atoms with Crippen molar-refractivity contribution in [2.24, 2.45) is 0 Å². The Morgan fingerprint density at radius 3 is 1.75 bits per heavy atom. The molecule has 0 unspecified atom stereocenters. The van der Waals surface area contributed by atoms with Gasteiger partial charge in [0.2, 0.25) is 0 Å². The van der Waals surface area contributed by atoms with Crippen molar-refractivity contribution in [3.8, 4) is 0 Å². The maximum atomic E-state index is 4.39. The first-order valence-electron chi connectivity index (χ1n) is 3.03. The zero-order valence-corrected chi connectivity index (χ0v) is 10.5. The van der Waals surface area contributed by atoms with Crippen molar-refractivity contribution in [2.45, 2.75) is 13.8 Å². The van der Waals surface area contributed by atoms with E-state index in [4.69, 9.17) is 0 Å². The minimum atomic E-state index is 0. The molecule has 0 spiro atoms. The number of hydrogen-bond acceptors (Lipinski definition) is 0. The second-order valence-corrected chi connectivity index (χ2v) is 1.89. The zero-order valence-electron chi connectivity index (χ0n) is 7.40. The van der Waals surface area contributed by atoms with Crippen LogP contribution >= 0.6 is 23.2 Å². The molecule has 0 aliphatic carbocycles. The standard InChI is InChI=1S/C7H9.2CH2Cl.Ti/c1-6-4-3-5-7(6)2;2*1-2;/h3-5H,1-2H3;2*1H2;/q3*-1;+3. The molecule has 0 fully saturated rings. The van der Waals surface area contributed by atoms with Crippen LogP contribution in [0.15, 0.2) is 18.2 Å². The van der Waals surface area contributed by atoms with Crippen LogP contribution < -0.4 is 0 Å². The molecular weight excluding hydrogens is 227 g/mol. The molecule has 3 heteroatoms. The van der Waals surface area contributed by atoms with E-state index in [2.05, 4.69) is 68.0 Å². The summed E-state index contributed by atoms with van der Waals surface area (Å²) in [5.74, 6) is 0. The SMILES string of the molecule is Cc1ccc[c-]1C.[CH2-]Cl.[CH2-]Cl.[Ti+3]. The summed E-state index contributed by atoms with van der Waals surface area (Å²) in [5.41, 5.74) is 2.78. The van der Waals surface area contributed by atoms with E-state index in [0.29, 0.717) is 0 Å². The van der Waals surface area contributed by atoms with E-state index in [1.165, 1.54) is 11.1 Å². The quantitative estimate of drug-likeness (QED) is 0.474. The molecule has 0 N–H and O–H groups in total. The van der Waals surface area contributed by atoms with Gasteiger partial charge in [-0.15, -0.1) is 0 Å². The van der Waals surface area contributed by atoms with Gasteiger partial charge in [-0.05, 0) is 0 Å². The molecule has 0 saturated carbocycles. The summed E-state index contributed by atoms with van der Waals surface area (Å²) in [4.78, 5) is 0. The summed E-state index contributed by atoms with van der Waals surface area (Å²) < 4.78 is 0. The van der Waals surface area contributed by atoms with Gasteiger partial charge in [0.1, 0.15) is 0 Å². The summed E-state index contributed by atoms with van der Waals surface area (Å²) >= 11 is 8.78. The molecule has 0 aliphatic rings. The molecule has 0 saturated heterocycles. The molecule has 1 rings (SSSR count). The van der Waals surface area contributed by atoms with Crippen LogP contribution in [-0.2, 0) is 21.7 Å². The summed E-state index contributed by atoms with van der Waals surface area (Å²) in [6, 6.07) is 6.31. The molecule has 0 heterocycles. The van der Waals surface area contributed by atoms with E-state index in [0.717, 1.165) is 0 Å². The predicted molar refractivity (Wildman–Crippen MR) is 53.9 cm³/mol. The minimum Gasteiger partial charge on any atom is -0.352 e. The van der Waals surface area contributed by atoms with Gasteiger partial charge < -0.3 is 23.2 Å². The van der Waals surface area contributed by atoms with Crippen LogP contribution in [0.4, 0.5) is 0 Å². The Morgan fingerprint density at radius 1 is 1.25 bits per heavy atom. The van der Waals surface area contributed by atoms with E-state index in [9.17, 15) is 0 Å². The van der Waals surface area contributed by atoms with E-state index in [1.54, 1.807) is 0 Å². The second kappa shape index (κ2) is 14.2. The third kappa shape index (κ3) is 8.74. The number of rotatable bonds is 0. The first-order chi connectivity index (χ1) is 5.30. The Morgan fingerprint density at radius 2 is 1.67 bits per heavy atom. The Kier molecular flexibility index (Phi) is 21.8. The van der Waals surface area contributed by atoms with Crippen LogP contribution in [0.25, 0.3) is 0 Å². The van der Waals surface area contributed by atoms with Crippen molar-refractivity contribution in [2.75, 3.05) is 0 Å². The largest absolute Gasteiger partial charge is 3.00 e. The Labute approximate surface area is 101 Å². The van der Waals surface area contributed by atoms with E-state index >= 15 is 0 Å². The van der Waals surface area contributed by atoms with Gasteiger partial charge in [-0.3, -0.25) is 12.8 Å². The topological polar surface area (TPSA) is 0 Å². The van der Waals surface area contributed by atoms with E-state index in [-0.39, 0.29) is 21.7 Å². The van der Waals surface area contributed by atoms with Crippen molar-refractivity contribution in [3.05, 3.63) is 42.1 Å². The van der Waals surface area contributed by atoms with Gasteiger partial charge in [0.15, 0.2) is 0 Å². The predicted octanol–water partition coefficient (Wildman–Crippen LogP) is 4.05. The third-order valence-corrected chi connectivity index (χ3v) is 1.31. The van der Waals surface area contributed by atoms with Gasteiger partial charge in [-0.1, -0.05) is 13.8 Å². The number of halogens is 2. The fourth-order valence-electron chi connectivity index (χ4n) is 0.600. The molecular formula is C9H13Cl2Ti. The third-order valence-electron chi connectivity index (χ3n) is 1.31. The summed E-state index contributed by atoms with van der Waals surface area (Å²) in [5, 5.41) is 0. The molecule has 0 bridgehead atoms. The first kappa shape index (κ1) is 18.4. The Hall–Kier alpha value is 0.644. The molecule has 12 heavy (non-hydrogen) atoms. The molecule has 0 nitrogen and oxygen atoms in total. The maximum Gasteiger partial charge on any atom is 3.00 e. The average Bonchev–Trinajstić information content (AvgIpc) is 2.44. The van der Waals surface area contributed by atoms with Gasteiger partial charge >= 0.3 is 21.7 Å². The van der Waals surface area contributed by atoms with Crippen molar-refractivity contribution in [1.82, 2.24) is 0 Å². The fraction of sp³-hybridized carbons (Fsp3) is 0.222. The van der Waals surface area contributed by atoms with Crippen LogP contribution in [-0.4, -0.2) is 0 Å². The van der Waals surface area contributed by atoms with Gasteiger partial charge in [-0.25, -0.2) is 12.1 Å². The normalized spacial score (nSPS) is 6.50. The number of hydrogen-bond donors (Lipinski definition) is 0. The van der Waals surface area contributed by atoms with Gasteiger partial charge in [0.25, 0.3) is 0 Å². The van der Waals surface area contributed by atoms with E-state index in [1.807, 2.05) is 0 Å². The molecule has 0 aromatic heterocycles. The van der Waals surface area contributed by atoms with Crippen molar-refractivity contribution in [1.29, 1.82) is 0 Å². The van der Waals surface area contributed by atoms with Crippen LogP contribution in [0.2, 0.25) is 0 Å². The van der Waals surface area contributed by atoms with Crippen molar-refractivity contribution < 1.29 is 21.7 Å². The molecule has 0 amide bonds. The monoisotopic (exact) mass is 239 g/mol. The van der Waals surface area contributed by atoms with Crippen molar-refractivity contribution in [3.63, 3.8) is 0 Å². The van der Waals surface area contributed by atoms with Crippen LogP contribution in [0, 0.1) is 26.6 Å². The molecule has 0 aliphatic heterocycles. The van der Waals surface area contributed by atoms with Gasteiger partial charge in [0, 0.05) is 0 Å². The zero-order chi connectivity index (χ0) is 9.28. The van der Waals surface area contributed by atoms with E-state index < -0.39 is 0 Å². The molecule has 1 aromatic rings. The Balaban J connectivity index is -0.000000144. The maximum absolute atomic E-state index is 4.39. The summed E-state index contributed by atoms with van der Waals surface area (Å²) in [6.45, 7) is 4.24. The molecule has 67 valence electrons. The van der Waals surface area contributed by atoms with Gasteiger partial charge in [-0.2, -0.15) is 17.2 Å². The first-order valence-corrected chi connectivity index (χ1v) is 4.10. The summed E-state index contributed by atoms with van der Waals surface area (Å²) in [7, 11) is 0. The van der Waals surface area contributed by atoms with Crippen LogP contribution in [0.1, 0.15) is 11.1 Å². The minimum absolute atomic E-state index is 0. The van der Waals surface area contributed by atoms with Gasteiger partial charge in [0.05, 0.1) is 0 Å². The second-order valence-electron chi connectivity index (χ2n) is 1.89. The fourth-order valence-corrected chi connectivity index (χ4v) is 0.600. The van der Waals surface area contributed by atoms with Crippen molar-refractivity contribution >= 4 is 23.2 Å². The summed E-state index contributed by atoms with van der Waals surface area (Å²) in [6.07, 6.45) is 5.44. The molecule has 1 radical (unpaired) electrons. The van der Waals surface area contributed by atoms with Crippen LogP contribution in [0.5, 0.6) is 0 Å². The smallest absolute Gasteiger partial charge is 0.352 e.